The van der Waals surface area contributed by atoms with E-state index in [1.165, 1.54) is 0 Å². The molecule has 24 heavy (non-hydrogen) atoms. The van der Waals surface area contributed by atoms with Crippen LogP contribution in [0.25, 0.3) is 0 Å². The van der Waals surface area contributed by atoms with Crippen LogP contribution in [0.15, 0.2) is 30.6 Å². The number of nitrogens with zero attached hydrogens (tertiary/aromatic N) is 4. The molecule has 1 fully saturated rings. The van der Waals surface area contributed by atoms with Crippen LogP contribution >= 0.6 is 0 Å². The first kappa shape index (κ1) is 16.5. The number of piperidine rings is 1. The highest BCUT2D eigenvalue weighted by Crippen LogP contribution is 2.30. The van der Waals surface area contributed by atoms with Crippen molar-refractivity contribution in [2.45, 2.75) is 38.1 Å². The number of aryl methyl sites for hydroxylation is 2. The van der Waals surface area contributed by atoms with Crippen molar-refractivity contribution in [1.29, 1.82) is 0 Å². The predicted octanol–water partition coefficient (Wildman–Crippen LogP) is 2.51. The normalized spacial score (nSPS) is 17.8. The lowest BCUT2D eigenvalue weighted by Crippen LogP contribution is -2.39. The summed E-state index contributed by atoms with van der Waals surface area (Å²) in [6.45, 7) is 0.794. The fourth-order valence-corrected chi connectivity index (χ4v) is 3.39. The smallest absolute Gasteiger partial charge is 0.223 e. The maximum atomic E-state index is 12.8. The minimum Gasteiger partial charge on any atom is -0.496 e. The predicted molar refractivity (Wildman–Crippen MR) is 90.6 cm³/mol. The average molecular weight is 328 g/mol. The topological polar surface area (TPSA) is 60.2 Å². The zero-order valence-electron chi connectivity index (χ0n) is 14.3. The molecule has 1 unspecified atom stereocenters. The van der Waals surface area contributed by atoms with E-state index in [-0.39, 0.29) is 11.9 Å². The van der Waals surface area contributed by atoms with E-state index in [2.05, 4.69) is 10.2 Å². The molecule has 0 aliphatic carbocycles. The number of amides is 1. The Balaban J connectivity index is 1.69. The van der Waals surface area contributed by atoms with Crippen molar-refractivity contribution in [3.8, 4) is 5.75 Å². The van der Waals surface area contributed by atoms with Crippen molar-refractivity contribution in [3.63, 3.8) is 0 Å². The largest absolute Gasteiger partial charge is 0.496 e. The molecule has 0 N–H and O–H groups in total. The maximum absolute atomic E-state index is 12.8. The minimum atomic E-state index is 0.0384. The second-order valence-electron chi connectivity index (χ2n) is 6.21. The fraction of sp³-hybridized carbons (Fsp3) is 0.500. The summed E-state index contributed by atoms with van der Waals surface area (Å²) in [5.74, 6) is 1.89. The number of benzene rings is 1. The number of para-hydroxylation sites is 1. The summed E-state index contributed by atoms with van der Waals surface area (Å²) in [5.41, 5.74) is 1.07. The highest BCUT2D eigenvalue weighted by Gasteiger charge is 2.30. The van der Waals surface area contributed by atoms with Gasteiger partial charge in [-0.15, -0.1) is 10.2 Å². The standard InChI is InChI=1S/C18H24N4O2/c1-21-13-19-20-18(21)15-8-5-6-12-22(15)17(23)11-10-14-7-3-4-9-16(14)24-2/h3-4,7,9,13,15H,5-6,8,10-12H2,1-2H3. The summed E-state index contributed by atoms with van der Waals surface area (Å²) in [7, 11) is 3.59. The molecule has 1 aromatic carbocycles. The maximum Gasteiger partial charge on any atom is 0.223 e. The van der Waals surface area contributed by atoms with Crippen LogP contribution in [0.1, 0.15) is 43.1 Å². The number of methoxy groups -OCH3 is 1. The molecule has 3 rings (SSSR count). The second-order valence-corrected chi connectivity index (χ2v) is 6.21. The number of hydrogen-bond acceptors (Lipinski definition) is 4. The molecule has 1 amide bonds. The Kier molecular flexibility index (Phi) is 5.13. The van der Waals surface area contributed by atoms with Crippen LogP contribution in [0.4, 0.5) is 0 Å². The lowest BCUT2D eigenvalue weighted by atomic mass is 10.00. The number of hydrogen-bond donors (Lipinski definition) is 0. The third kappa shape index (κ3) is 3.42. The van der Waals surface area contributed by atoms with Gasteiger partial charge in [0.1, 0.15) is 12.1 Å². The van der Waals surface area contributed by atoms with Gasteiger partial charge in [0.05, 0.1) is 13.2 Å². The molecule has 6 nitrogen and oxygen atoms in total. The Morgan fingerprint density at radius 3 is 2.92 bits per heavy atom. The van der Waals surface area contributed by atoms with E-state index in [0.29, 0.717) is 12.8 Å². The molecule has 1 aliphatic rings. The van der Waals surface area contributed by atoms with E-state index in [0.717, 1.165) is 42.9 Å². The first-order chi connectivity index (χ1) is 11.7. The number of carbonyl (C=O) groups is 1. The van der Waals surface area contributed by atoms with Gasteiger partial charge in [-0.25, -0.2) is 0 Å². The van der Waals surface area contributed by atoms with Gasteiger partial charge in [-0.3, -0.25) is 4.79 Å². The van der Waals surface area contributed by atoms with Crippen molar-refractivity contribution in [3.05, 3.63) is 42.0 Å². The number of carbonyl (C=O) groups excluding carboxylic acids is 1. The van der Waals surface area contributed by atoms with Crippen LogP contribution in [0, 0.1) is 0 Å². The van der Waals surface area contributed by atoms with Gasteiger partial charge in [0.2, 0.25) is 5.91 Å². The molecule has 2 aromatic rings. The van der Waals surface area contributed by atoms with Crippen LogP contribution in [0.2, 0.25) is 0 Å². The van der Waals surface area contributed by atoms with Gasteiger partial charge in [-0.2, -0.15) is 0 Å². The lowest BCUT2D eigenvalue weighted by molar-refractivity contribution is -0.135. The van der Waals surface area contributed by atoms with Gasteiger partial charge >= 0.3 is 0 Å². The summed E-state index contributed by atoms with van der Waals surface area (Å²) in [4.78, 5) is 14.8. The Bertz CT molecular complexity index is 698. The van der Waals surface area contributed by atoms with Crippen molar-refractivity contribution in [1.82, 2.24) is 19.7 Å². The minimum absolute atomic E-state index is 0.0384. The van der Waals surface area contributed by atoms with Crippen LogP contribution in [0.5, 0.6) is 5.75 Å². The SMILES string of the molecule is COc1ccccc1CCC(=O)N1CCCCC1c1nncn1C. The second kappa shape index (κ2) is 7.47. The Morgan fingerprint density at radius 1 is 1.33 bits per heavy atom. The van der Waals surface area contributed by atoms with Gasteiger partial charge in [0.25, 0.3) is 0 Å². The third-order valence-corrected chi connectivity index (χ3v) is 4.67. The van der Waals surface area contributed by atoms with Crippen LogP contribution in [-0.4, -0.2) is 39.2 Å². The van der Waals surface area contributed by atoms with E-state index in [9.17, 15) is 4.79 Å². The van der Waals surface area contributed by atoms with Crippen molar-refractivity contribution < 1.29 is 9.53 Å². The first-order valence-corrected chi connectivity index (χ1v) is 8.46. The number of ether oxygens (including phenoxy) is 1. The molecule has 6 heteroatoms. The van der Waals surface area contributed by atoms with Gasteiger partial charge < -0.3 is 14.2 Å². The first-order valence-electron chi connectivity index (χ1n) is 8.46. The zero-order chi connectivity index (χ0) is 16.9. The molecule has 0 spiro atoms. The molecule has 1 saturated heterocycles. The summed E-state index contributed by atoms with van der Waals surface area (Å²) in [6, 6.07) is 7.91. The molecule has 128 valence electrons. The molecular weight excluding hydrogens is 304 g/mol. The molecule has 1 aliphatic heterocycles. The summed E-state index contributed by atoms with van der Waals surface area (Å²) >= 11 is 0. The molecule has 1 atom stereocenters. The lowest BCUT2D eigenvalue weighted by Gasteiger charge is -2.35. The zero-order valence-corrected chi connectivity index (χ0v) is 14.3. The fourth-order valence-electron chi connectivity index (χ4n) is 3.39. The van der Waals surface area contributed by atoms with Gasteiger partial charge in [-0.05, 0) is 37.3 Å². The number of likely N-dealkylation sites (tertiary alicyclic amines) is 1. The summed E-state index contributed by atoms with van der Waals surface area (Å²) in [6.07, 6.45) is 5.98. The van der Waals surface area contributed by atoms with E-state index in [1.807, 2.05) is 40.8 Å². The van der Waals surface area contributed by atoms with Gasteiger partial charge in [0.15, 0.2) is 5.82 Å². The quantitative estimate of drug-likeness (QED) is 0.846. The van der Waals surface area contributed by atoms with Crippen LogP contribution < -0.4 is 4.74 Å². The monoisotopic (exact) mass is 328 g/mol. The van der Waals surface area contributed by atoms with Crippen LogP contribution in [-0.2, 0) is 18.3 Å². The molecule has 0 bridgehead atoms. The van der Waals surface area contributed by atoms with Crippen LogP contribution in [0.3, 0.4) is 0 Å². The van der Waals surface area contributed by atoms with E-state index in [4.69, 9.17) is 4.74 Å². The van der Waals surface area contributed by atoms with E-state index in [1.54, 1.807) is 13.4 Å². The van der Waals surface area contributed by atoms with E-state index < -0.39 is 0 Å². The van der Waals surface area contributed by atoms with E-state index >= 15 is 0 Å². The Labute approximate surface area is 142 Å². The highest BCUT2D eigenvalue weighted by molar-refractivity contribution is 5.77. The third-order valence-electron chi connectivity index (χ3n) is 4.67. The number of aromatic nitrogens is 3. The average Bonchev–Trinajstić information content (AvgIpc) is 3.05. The van der Waals surface area contributed by atoms with Crippen molar-refractivity contribution in [2.24, 2.45) is 7.05 Å². The Hall–Kier alpha value is -2.37. The molecular formula is C18H24N4O2. The summed E-state index contributed by atoms with van der Waals surface area (Å²) in [5, 5.41) is 8.18. The van der Waals surface area contributed by atoms with Crippen molar-refractivity contribution >= 4 is 5.91 Å². The number of rotatable bonds is 5. The molecule has 2 heterocycles. The van der Waals surface area contributed by atoms with Crippen molar-refractivity contribution in [2.75, 3.05) is 13.7 Å². The molecule has 0 radical (unpaired) electrons. The van der Waals surface area contributed by atoms with Gasteiger partial charge in [-0.1, -0.05) is 18.2 Å². The Morgan fingerprint density at radius 2 is 2.17 bits per heavy atom. The highest BCUT2D eigenvalue weighted by atomic mass is 16.5. The van der Waals surface area contributed by atoms with Gasteiger partial charge in [0, 0.05) is 20.0 Å². The summed E-state index contributed by atoms with van der Waals surface area (Å²) < 4.78 is 7.29. The molecule has 0 saturated carbocycles. The molecule has 1 aromatic heterocycles.